The highest BCUT2D eigenvalue weighted by molar-refractivity contribution is 6.01. The van der Waals surface area contributed by atoms with Crippen LogP contribution >= 0.6 is 0 Å². The maximum Gasteiger partial charge on any atom is 0.272 e. The second kappa shape index (κ2) is 6.55. The Morgan fingerprint density at radius 3 is 2.73 bits per heavy atom. The summed E-state index contributed by atoms with van der Waals surface area (Å²) in [4.78, 5) is 14.6. The number of carbonyl (C=O) groups is 1. The Kier molecular flexibility index (Phi) is 4.08. The Balaban J connectivity index is 1.52. The van der Waals surface area contributed by atoms with Gasteiger partial charge in [-0.15, -0.1) is 0 Å². The number of benzene rings is 2. The average Bonchev–Trinajstić information content (AvgIpc) is 3.24. The first-order chi connectivity index (χ1) is 12.6. The minimum Gasteiger partial charge on any atom is -0.488 e. The summed E-state index contributed by atoms with van der Waals surface area (Å²) in [6.07, 6.45) is 0.742. The number of para-hydroxylation sites is 1. The molecule has 1 aliphatic rings. The summed E-state index contributed by atoms with van der Waals surface area (Å²) >= 11 is 0. The van der Waals surface area contributed by atoms with Crippen molar-refractivity contribution in [1.29, 1.82) is 0 Å². The molecule has 3 N–H and O–H groups in total. The van der Waals surface area contributed by atoms with Gasteiger partial charge in [-0.2, -0.15) is 5.10 Å². The standard InChI is InChI=1S/C20H20N4O2/c1-24(12-15-11-14-9-5-6-10-16(14)26-15)20(25)18-17(19(21)23-22-18)13-7-3-2-4-8-13/h2-10,15H,11-12H2,1H3,(H3,21,22,23)/t15-/m1/s1. The Morgan fingerprint density at radius 2 is 1.96 bits per heavy atom. The number of nitrogens with one attached hydrogen (secondary N) is 1. The van der Waals surface area contributed by atoms with Gasteiger partial charge in [0.05, 0.1) is 12.1 Å². The SMILES string of the molecule is CN(C[C@H]1Cc2ccccc2O1)C(=O)c1[nH]nc(N)c1-c1ccccc1. The third-order valence-corrected chi connectivity index (χ3v) is 4.61. The van der Waals surface area contributed by atoms with Crippen LogP contribution < -0.4 is 10.5 Å². The topological polar surface area (TPSA) is 84.2 Å². The molecule has 0 saturated carbocycles. The van der Waals surface area contributed by atoms with Crippen LogP contribution in [0.25, 0.3) is 11.1 Å². The molecule has 4 rings (SSSR count). The molecule has 1 amide bonds. The molecule has 0 unspecified atom stereocenters. The Morgan fingerprint density at radius 1 is 1.23 bits per heavy atom. The molecule has 26 heavy (non-hydrogen) atoms. The Labute approximate surface area is 151 Å². The number of hydrogen-bond acceptors (Lipinski definition) is 4. The van der Waals surface area contributed by atoms with E-state index in [4.69, 9.17) is 10.5 Å². The van der Waals surface area contributed by atoms with Crippen molar-refractivity contribution < 1.29 is 9.53 Å². The molecule has 1 aliphatic heterocycles. The molecule has 0 saturated heterocycles. The van der Waals surface area contributed by atoms with Crippen LogP contribution in [0.2, 0.25) is 0 Å². The van der Waals surface area contributed by atoms with E-state index >= 15 is 0 Å². The van der Waals surface area contributed by atoms with E-state index in [1.165, 1.54) is 5.56 Å². The van der Waals surface area contributed by atoms with E-state index in [9.17, 15) is 4.79 Å². The van der Waals surface area contributed by atoms with Gasteiger partial charge in [0.15, 0.2) is 5.82 Å². The van der Waals surface area contributed by atoms with Crippen LogP contribution in [-0.4, -0.2) is 40.7 Å². The third-order valence-electron chi connectivity index (χ3n) is 4.61. The Bertz CT molecular complexity index is 911. The van der Waals surface area contributed by atoms with Gasteiger partial charge in [-0.3, -0.25) is 9.89 Å². The van der Waals surface area contributed by atoms with Crippen LogP contribution in [0.1, 0.15) is 16.1 Å². The minimum atomic E-state index is -0.160. The lowest BCUT2D eigenvalue weighted by atomic mass is 10.0. The van der Waals surface area contributed by atoms with Gasteiger partial charge in [0.1, 0.15) is 17.5 Å². The molecular weight excluding hydrogens is 328 g/mol. The van der Waals surface area contributed by atoms with Gasteiger partial charge < -0.3 is 15.4 Å². The van der Waals surface area contributed by atoms with Crippen molar-refractivity contribution in [2.24, 2.45) is 0 Å². The Hall–Kier alpha value is -3.28. The number of likely N-dealkylation sites (N-methyl/N-ethyl adjacent to an activating group) is 1. The van der Waals surface area contributed by atoms with E-state index in [2.05, 4.69) is 16.3 Å². The lowest BCUT2D eigenvalue weighted by Gasteiger charge is -2.21. The summed E-state index contributed by atoms with van der Waals surface area (Å²) in [5, 5.41) is 6.82. The van der Waals surface area contributed by atoms with Crippen molar-refractivity contribution in [3.63, 3.8) is 0 Å². The number of fused-ring (bicyclic) bond motifs is 1. The monoisotopic (exact) mass is 348 g/mol. The van der Waals surface area contributed by atoms with Gasteiger partial charge in [0.2, 0.25) is 0 Å². The van der Waals surface area contributed by atoms with Crippen LogP contribution in [0.4, 0.5) is 5.82 Å². The number of rotatable bonds is 4. The fourth-order valence-electron chi connectivity index (χ4n) is 3.34. The third kappa shape index (κ3) is 2.90. The van der Waals surface area contributed by atoms with Gasteiger partial charge in [0, 0.05) is 13.5 Å². The highest BCUT2D eigenvalue weighted by atomic mass is 16.5. The number of nitrogen functional groups attached to an aromatic ring is 1. The zero-order valence-electron chi connectivity index (χ0n) is 14.5. The summed E-state index contributed by atoms with van der Waals surface area (Å²) in [6, 6.07) is 17.5. The second-order valence-corrected chi connectivity index (χ2v) is 6.46. The first-order valence-electron chi connectivity index (χ1n) is 8.52. The van der Waals surface area contributed by atoms with Crippen LogP contribution in [0.3, 0.4) is 0 Å². The summed E-state index contributed by atoms with van der Waals surface area (Å²) in [7, 11) is 1.76. The minimum absolute atomic E-state index is 0.0539. The number of aromatic amines is 1. The maximum absolute atomic E-state index is 13.0. The number of carbonyl (C=O) groups excluding carboxylic acids is 1. The number of aromatic nitrogens is 2. The molecule has 6 heteroatoms. The molecule has 0 bridgehead atoms. The highest BCUT2D eigenvalue weighted by Crippen LogP contribution is 2.30. The molecule has 2 aromatic carbocycles. The number of ether oxygens (including phenoxy) is 1. The maximum atomic E-state index is 13.0. The van der Waals surface area contributed by atoms with Crippen molar-refractivity contribution in [2.45, 2.75) is 12.5 Å². The highest BCUT2D eigenvalue weighted by Gasteiger charge is 2.27. The normalized spacial score (nSPS) is 15.3. The first-order valence-corrected chi connectivity index (χ1v) is 8.52. The van der Waals surface area contributed by atoms with E-state index in [0.717, 1.165) is 17.7 Å². The quantitative estimate of drug-likeness (QED) is 0.759. The first kappa shape index (κ1) is 16.2. The van der Waals surface area contributed by atoms with Crippen molar-refractivity contribution >= 4 is 11.7 Å². The fourth-order valence-corrected chi connectivity index (χ4v) is 3.34. The molecule has 2 heterocycles. The van der Waals surface area contributed by atoms with Gasteiger partial charge in [-0.25, -0.2) is 0 Å². The fraction of sp³-hybridized carbons (Fsp3) is 0.200. The smallest absolute Gasteiger partial charge is 0.272 e. The lowest BCUT2D eigenvalue weighted by Crippen LogP contribution is -2.36. The summed E-state index contributed by atoms with van der Waals surface area (Å²) in [5.74, 6) is 1.05. The predicted molar refractivity (Wildman–Crippen MR) is 100.0 cm³/mol. The molecule has 0 aliphatic carbocycles. The molecule has 132 valence electrons. The predicted octanol–water partition coefficient (Wildman–Crippen LogP) is 2.73. The van der Waals surface area contributed by atoms with Crippen molar-refractivity contribution in [1.82, 2.24) is 15.1 Å². The summed E-state index contributed by atoms with van der Waals surface area (Å²) in [5.41, 5.74) is 9.06. The average molecular weight is 348 g/mol. The molecule has 1 aromatic heterocycles. The van der Waals surface area contributed by atoms with Crippen LogP contribution in [0, 0.1) is 0 Å². The molecular formula is C20H20N4O2. The molecule has 0 spiro atoms. The van der Waals surface area contributed by atoms with Crippen molar-refractivity contribution in [3.05, 3.63) is 65.9 Å². The molecule has 6 nitrogen and oxygen atoms in total. The van der Waals surface area contributed by atoms with Gasteiger partial charge in [-0.1, -0.05) is 48.5 Å². The van der Waals surface area contributed by atoms with Gasteiger partial charge >= 0.3 is 0 Å². The molecule has 1 atom stereocenters. The molecule has 0 fully saturated rings. The largest absolute Gasteiger partial charge is 0.488 e. The molecule has 3 aromatic rings. The van der Waals surface area contributed by atoms with Crippen molar-refractivity contribution in [2.75, 3.05) is 19.3 Å². The zero-order valence-corrected chi connectivity index (χ0v) is 14.5. The number of anilines is 1. The second-order valence-electron chi connectivity index (χ2n) is 6.46. The van der Waals surface area contributed by atoms with Crippen LogP contribution in [0.15, 0.2) is 54.6 Å². The van der Waals surface area contributed by atoms with E-state index in [-0.39, 0.29) is 12.0 Å². The van der Waals surface area contributed by atoms with Crippen LogP contribution in [-0.2, 0) is 6.42 Å². The van der Waals surface area contributed by atoms with Crippen LogP contribution in [0.5, 0.6) is 5.75 Å². The number of amides is 1. The lowest BCUT2D eigenvalue weighted by molar-refractivity contribution is 0.0725. The number of nitrogens with two attached hydrogens (primary N) is 1. The van der Waals surface area contributed by atoms with E-state index in [0.29, 0.717) is 23.6 Å². The van der Waals surface area contributed by atoms with Gasteiger partial charge in [0.25, 0.3) is 5.91 Å². The zero-order chi connectivity index (χ0) is 18.1. The molecule has 0 radical (unpaired) electrons. The number of nitrogens with zero attached hydrogens (tertiary/aromatic N) is 2. The van der Waals surface area contributed by atoms with Crippen molar-refractivity contribution in [3.8, 4) is 16.9 Å². The number of H-pyrrole nitrogens is 1. The summed E-state index contributed by atoms with van der Waals surface area (Å²) in [6.45, 7) is 0.487. The van der Waals surface area contributed by atoms with E-state index in [1.807, 2.05) is 48.5 Å². The summed E-state index contributed by atoms with van der Waals surface area (Å²) < 4.78 is 5.94. The van der Waals surface area contributed by atoms with E-state index in [1.54, 1.807) is 11.9 Å². The van der Waals surface area contributed by atoms with E-state index < -0.39 is 0 Å². The number of hydrogen-bond donors (Lipinski definition) is 2. The van der Waals surface area contributed by atoms with Gasteiger partial charge in [-0.05, 0) is 17.2 Å².